The van der Waals surface area contributed by atoms with Crippen molar-refractivity contribution in [2.45, 2.75) is 20.0 Å². The number of hydrogen-bond donors (Lipinski definition) is 0. The molecule has 2 heterocycles. The number of rotatable bonds is 4. The predicted molar refractivity (Wildman–Crippen MR) is 71.9 cm³/mol. The third-order valence-electron chi connectivity index (χ3n) is 3.05. The SMILES string of the molecule is CC(C)OCC(=O)N1CCN(c2cccnn2)CC1. The van der Waals surface area contributed by atoms with Crippen LogP contribution in [0.3, 0.4) is 0 Å². The first-order valence-electron chi connectivity index (χ1n) is 6.59. The lowest BCUT2D eigenvalue weighted by Crippen LogP contribution is -2.50. The molecule has 0 N–H and O–H groups in total. The summed E-state index contributed by atoms with van der Waals surface area (Å²) in [7, 11) is 0. The zero-order valence-electron chi connectivity index (χ0n) is 11.5. The number of amides is 1. The highest BCUT2D eigenvalue weighted by Crippen LogP contribution is 2.11. The molecule has 2 rings (SSSR count). The summed E-state index contributed by atoms with van der Waals surface area (Å²) >= 11 is 0. The fourth-order valence-electron chi connectivity index (χ4n) is 1.98. The highest BCUT2D eigenvalue weighted by Gasteiger charge is 2.22. The first-order valence-corrected chi connectivity index (χ1v) is 6.59. The lowest BCUT2D eigenvalue weighted by atomic mass is 10.3. The summed E-state index contributed by atoms with van der Waals surface area (Å²) in [5.74, 6) is 0.931. The van der Waals surface area contributed by atoms with Gasteiger partial charge in [0.25, 0.3) is 0 Å². The van der Waals surface area contributed by atoms with Crippen molar-refractivity contribution in [2.75, 3.05) is 37.7 Å². The molecule has 19 heavy (non-hydrogen) atoms. The molecular formula is C13H20N4O2. The van der Waals surface area contributed by atoms with Gasteiger partial charge in [-0.05, 0) is 26.0 Å². The smallest absolute Gasteiger partial charge is 0.248 e. The first kappa shape index (κ1) is 13.7. The van der Waals surface area contributed by atoms with E-state index in [0.717, 1.165) is 18.9 Å². The van der Waals surface area contributed by atoms with E-state index in [1.54, 1.807) is 6.20 Å². The molecule has 1 saturated heterocycles. The number of carbonyl (C=O) groups is 1. The molecule has 0 atom stereocenters. The number of carbonyl (C=O) groups excluding carboxylic acids is 1. The molecule has 1 aromatic rings. The van der Waals surface area contributed by atoms with Crippen molar-refractivity contribution in [3.63, 3.8) is 0 Å². The quantitative estimate of drug-likeness (QED) is 0.795. The number of hydrogen-bond acceptors (Lipinski definition) is 5. The van der Waals surface area contributed by atoms with E-state index in [0.29, 0.717) is 13.1 Å². The second-order valence-electron chi connectivity index (χ2n) is 4.81. The van der Waals surface area contributed by atoms with Gasteiger partial charge < -0.3 is 14.5 Å². The Bertz CT molecular complexity index is 402. The molecule has 0 aromatic carbocycles. The normalized spacial score (nSPS) is 15.9. The van der Waals surface area contributed by atoms with Gasteiger partial charge in [0.05, 0.1) is 6.10 Å². The molecule has 1 aliphatic rings. The van der Waals surface area contributed by atoms with E-state index in [-0.39, 0.29) is 18.6 Å². The minimum absolute atomic E-state index is 0.0625. The molecule has 1 fully saturated rings. The maximum atomic E-state index is 11.9. The Morgan fingerprint density at radius 3 is 2.68 bits per heavy atom. The Hall–Kier alpha value is -1.69. The molecule has 6 nitrogen and oxygen atoms in total. The standard InChI is InChI=1S/C13H20N4O2/c1-11(2)19-10-13(18)17-8-6-16(7-9-17)12-4-3-5-14-15-12/h3-5,11H,6-10H2,1-2H3. The minimum Gasteiger partial charge on any atom is -0.369 e. The fourth-order valence-corrected chi connectivity index (χ4v) is 1.98. The first-order chi connectivity index (χ1) is 9.16. The Morgan fingerprint density at radius 1 is 1.37 bits per heavy atom. The van der Waals surface area contributed by atoms with Gasteiger partial charge in [-0.1, -0.05) is 0 Å². The molecule has 1 amide bonds. The van der Waals surface area contributed by atoms with Crippen molar-refractivity contribution in [3.05, 3.63) is 18.3 Å². The van der Waals surface area contributed by atoms with E-state index in [4.69, 9.17) is 4.74 Å². The Morgan fingerprint density at radius 2 is 2.11 bits per heavy atom. The predicted octanol–water partition coefficient (Wildman–Crippen LogP) is 0.550. The van der Waals surface area contributed by atoms with Crippen LogP contribution in [0.2, 0.25) is 0 Å². The van der Waals surface area contributed by atoms with E-state index in [9.17, 15) is 4.79 Å². The van der Waals surface area contributed by atoms with E-state index in [2.05, 4.69) is 15.1 Å². The van der Waals surface area contributed by atoms with Gasteiger partial charge >= 0.3 is 0 Å². The molecule has 1 aromatic heterocycles. The third-order valence-corrected chi connectivity index (χ3v) is 3.05. The maximum absolute atomic E-state index is 11.9. The van der Waals surface area contributed by atoms with Crippen molar-refractivity contribution in [1.82, 2.24) is 15.1 Å². The average Bonchev–Trinajstić information content (AvgIpc) is 2.46. The maximum Gasteiger partial charge on any atom is 0.248 e. The molecule has 0 spiro atoms. The number of piperazine rings is 1. The third kappa shape index (κ3) is 3.89. The summed E-state index contributed by atoms with van der Waals surface area (Å²) in [4.78, 5) is 15.9. The van der Waals surface area contributed by atoms with Crippen molar-refractivity contribution < 1.29 is 9.53 Å². The number of ether oxygens (including phenoxy) is 1. The van der Waals surface area contributed by atoms with Crippen LogP contribution < -0.4 is 4.90 Å². The summed E-state index contributed by atoms with van der Waals surface area (Å²) in [5.41, 5.74) is 0. The topological polar surface area (TPSA) is 58.6 Å². The zero-order valence-corrected chi connectivity index (χ0v) is 11.5. The van der Waals surface area contributed by atoms with E-state index < -0.39 is 0 Å². The van der Waals surface area contributed by atoms with Crippen molar-refractivity contribution in [3.8, 4) is 0 Å². The van der Waals surface area contributed by atoms with E-state index in [1.807, 2.05) is 30.9 Å². The van der Waals surface area contributed by atoms with E-state index >= 15 is 0 Å². The molecule has 104 valence electrons. The molecule has 0 aliphatic carbocycles. The molecular weight excluding hydrogens is 244 g/mol. The summed E-state index contributed by atoms with van der Waals surface area (Å²) in [6, 6.07) is 3.81. The highest BCUT2D eigenvalue weighted by molar-refractivity contribution is 5.77. The molecule has 0 unspecified atom stereocenters. The number of nitrogens with zero attached hydrogens (tertiary/aromatic N) is 4. The van der Waals surface area contributed by atoms with E-state index in [1.165, 1.54) is 0 Å². The van der Waals surface area contributed by atoms with Gasteiger partial charge in [0, 0.05) is 32.4 Å². The van der Waals surface area contributed by atoms with Crippen LogP contribution in [0.5, 0.6) is 0 Å². The van der Waals surface area contributed by atoms with Gasteiger partial charge in [-0.25, -0.2) is 0 Å². The largest absolute Gasteiger partial charge is 0.369 e. The van der Waals surface area contributed by atoms with Gasteiger partial charge in [-0.15, -0.1) is 5.10 Å². The molecule has 6 heteroatoms. The highest BCUT2D eigenvalue weighted by atomic mass is 16.5. The second kappa shape index (κ2) is 6.47. The summed E-state index contributed by atoms with van der Waals surface area (Å²) in [6.45, 7) is 7.01. The van der Waals surface area contributed by atoms with Crippen LogP contribution in [0.15, 0.2) is 18.3 Å². The minimum atomic E-state index is 0.0625. The molecule has 0 saturated carbocycles. The number of aromatic nitrogens is 2. The average molecular weight is 264 g/mol. The zero-order chi connectivity index (χ0) is 13.7. The number of anilines is 1. The van der Waals surface area contributed by atoms with Gasteiger partial charge in [-0.2, -0.15) is 5.10 Å². The monoisotopic (exact) mass is 264 g/mol. The Kier molecular flexibility index (Phi) is 4.68. The van der Waals surface area contributed by atoms with Crippen LogP contribution in [0.4, 0.5) is 5.82 Å². The Labute approximate surface area is 113 Å². The van der Waals surface area contributed by atoms with Crippen LogP contribution >= 0.6 is 0 Å². The van der Waals surface area contributed by atoms with Crippen LogP contribution in [0, 0.1) is 0 Å². The Balaban J connectivity index is 1.81. The van der Waals surface area contributed by atoms with Crippen molar-refractivity contribution >= 4 is 11.7 Å². The summed E-state index contributed by atoms with van der Waals surface area (Å²) in [6.07, 6.45) is 1.75. The second-order valence-corrected chi connectivity index (χ2v) is 4.81. The summed E-state index contributed by atoms with van der Waals surface area (Å²) < 4.78 is 5.34. The van der Waals surface area contributed by atoms with Gasteiger partial charge in [0.1, 0.15) is 6.61 Å². The summed E-state index contributed by atoms with van der Waals surface area (Å²) in [5, 5.41) is 7.95. The molecule has 0 bridgehead atoms. The van der Waals surface area contributed by atoms with Gasteiger partial charge in [0.2, 0.25) is 5.91 Å². The molecule has 1 aliphatic heterocycles. The van der Waals surface area contributed by atoms with Gasteiger partial charge in [-0.3, -0.25) is 4.79 Å². The van der Waals surface area contributed by atoms with Crippen molar-refractivity contribution in [2.24, 2.45) is 0 Å². The molecule has 0 radical (unpaired) electrons. The van der Waals surface area contributed by atoms with Gasteiger partial charge in [0.15, 0.2) is 5.82 Å². The lowest BCUT2D eigenvalue weighted by Gasteiger charge is -2.35. The van der Waals surface area contributed by atoms with Crippen LogP contribution in [0.25, 0.3) is 0 Å². The van der Waals surface area contributed by atoms with Crippen molar-refractivity contribution in [1.29, 1.82) is 0 Å². The van der Waals surface area contributed by atoms with Crippen LogP contribution in [0.1, 0.15) is 13.8 Å². The van der Waals surface area contributed by atoms with Crippen LogP contribution in [-0.4, -0.2) is 59.9 Å². The van der Waals surface area contributed by atoms with Crippen LogP contribution in [-0.2, 0) is 9.53 Å². The fraction of sp³-hybridized carbons (Fsp3) is 0.615. The lowest BCUT2D eigenvalue weighted by molar-refractivity contribution is -0.137.